The Morgan fingerprint density at radius 3 is 1.96 bits per heavy atom. The highest BCUT2D eigenvalue weighted by Crippen LogP contribution is 2.09. The average molecular weight is 405 g/mol. The molecule has 0 aromatic carbocycles. The maximum atomic E-state index is 12.6. The Bertz CT molecular complexity index is 529. The number of thiol groups is 1. The number of nitrogens with one attached hydrogen (secondary N) is 3. The summed E-state index contributed by atoms with van der Waals surface area (Å²) in [6.45, 7) is 7.09. The largest absolute Gasteiger partial charge is 0.480 e. The van der Waals surface area contributed by atoms with Crippen LogP contribution in [0, 0.1) is 11.8 Å². The molecule has 4 unspecified atom stereocenters. The lowest BCUT2D eigenvalue weighted by molar-refractivity contribution is -0.142. The van der Waals surface area contributed by atoms with Crippen LogP contribution in [0.2, 0.25) is 0 Å². The molecule has 10 heteroatoms. The number of hydrogen-bond acceptors (Lipinski definition) is 6. The van der Waals surface area contributed by atoms with Gasteiger partial charge in [-0.05, 0) is 18.3 Å². The van der Waals surface area contributed by atoms with Gasteiger partial charge in [-0.3, -0.25) is 14.4 Å². The number of amides is 3. The van der Waals surface area contributed by atoms with E-state index in [9.17, 15) is 24.3 Å². The number of nitrogens with two attached hydrogens (primary N) is 1. The molecule has 6 N–H and O–H groups in total. The van der Waals surface area contributed by atoms with Crippen molar-refractivity contribution in [2.24, 2.45) is 17.6 Å². The first-order chi connectivity index (χ1) is 12.6. The highest BCUT2D eigenvalue weighted by Gasteiger charge is 2.31. The number of carbonyl (C=O) groups excluding carboxylic acids is 3. The Balaban J connectivity index is 5.13. The van der Waals surface area contributed by atoms with Gasteiger partial charge in [-0.25, -0.2) is 4.79 Å². The third-order valence-corrected chi connectivity index (χ3v) is 4.50. The van der Waals surface area contributed by atoms with Crippen molar-refractivity contribution in [3.05, 3.63) is 0 Å². The molecule has 0 spiro atoms. The summed E-state index contributed by atoms with van der Waals surface area (Å²) in [6.07, 6.45) is 0.881. The minimum absolute atomic E-state index is 0.0242. The van der Waals surface area contributed by atoms with Gasteiger partial charge in [-0.2, -0.15) is 12.6 Å². The molecule has 9 nitrogen and oxygen atoms in total. The summed E-state index contributed by atoms with van der Waals surface area (Å²) < 4.78 is 0. The second-order valence-corrected chi connectivity index (χ2v) is 7.27. The van der Waals surface area contributed by atoms with Gasteiger partial charge >= 0.3 is 5.97 Å². The molecule has 3 amide bonds. The van der Waals surface area contributed by atoms with Crippen molar-refractivity contribution in [3.8, 4) is 0 Å². The number of hydrogen-bond donors (Lipinski definition) is 6. The van der Waals surface area contributed by atoms with E-state index >= 15 is 0 Å². The molecule has 0 radical (unpaired) electrons. The van der Waals surface area contributed by atoms with Gasteiger partial charge in [-0.1, -0.05) is 34.1 Å². The topological polar surface area (TPSA) is 151 Å². The third-order valence-electron chi connectivity index (χ3n) is 4.13. The van der Waals surface area contributed by atoms with E-state index in [1.54, 1.807) is 6.92 Å². The van der Waals surface area contributed by atoms with Crippen molar-refractivity contribution >= 4 is 36.3 Å². The smallest absolute Gasteiger partial charge is 0.326 e. The number of aliphatic carboxylic acids is 1. The minimum Gasteiger partial charge on any atom is -0.480 e. The monoisotopic (exact) mass is 404 g/mol. The lowest BCUT2D eigenvalue weighted by atomic mass is 9.98. The predicted molar refractivity (Wildman–Crippen MR) is 105 cm³/mol. The summed E-state index contributed by atoms with van der Waals surface area (Å²) >= 11 is 4.07. The fraction of sp³-hybridized carbons (Fsp3) is 0.765. The molecule has 27 heavy (non-hydrogen) atoms. The van der Waals surface area contributed by atoms with Crippen LogP contribution in [0.15, 0.2) is 0 Å². The zero-order chi connectivity index (χ0) is 21.1. The quantitative estimate of drug-likeness (QED) is 0.242. The van der Waals surface area contributed by atoms with Gasteiger partial charge in [0.2, 0.25) is 17.7 Å². The van der Waals surface area contributed by atoms with Crippen molar-refractivity contribution < 1.29 is 24.3 Å². The molecule has 0 aromatic heterocycles. The SMILES string of the molecule is CCC(C)C(NC(=O)CN)C(=O)NC(CS)C(=O)NC(CC(C)C)C(=O)O. The van der Waals surface area contributed by atoms with Crippen molar-refractivity contribution in [1.82, 2.24) is 16.0 Å². The zero-order valence-corrected chi connectivity index (χ0v) is 17.2. The summed E-state index contributed by atoms with van der Waals surface area (Å²) in [5, 5.41) is 16.8. The van der Waals surface area contributed by atoms with Crippen LogP contribution in [0.25, 0.3) is 0 Å². The lowest BCUT2D eigenvalue weighted by Gasteiger charge is -2.26. The number of carboxylic acids is 1. The summed E-state index contributed by atoms with van der Waals surface area (Å²) in [5.74, 6) is -2.95. The Hall–Kier alpha value is -1.81. The second kappa shape index (κ2) is 12.6. The normalized spacial score (nSPS) is 15.4. The van der Waals surface area contributed by atoms with Crippen LogP contribution in [0.4, 0.5) is 0 Å². The van der Waals surface area contributed by atoms with Crippen LogP contribution in [0.1, 0.15) is 40.5 Å². The lowest BCUT2D eigenvalue weighted by Crippen LogP contribution is -2.58. The standard InChI is InChI=1S/C17H32N4O5S/c1-5-10(4)14(21-13(22)7-18)16(24)20-12(8-27)15(23)19-11(17(25)26)6-9(2)3/h9-12,14,27H,5-8,18H2,1-4H3,(H,19,23)(H,20,24)(H,21,22)(H,25,26). The maximum absolute atomic E-state index is 12.6. The Morgan fingerprint density at radius 2 is 1.56 bits per heavy atom. The minimum atomic E-state index is -1.14. The molecule has 0 aliphatic heterocycles. The van der Waals surface area contributed by atoms with Gasteiger partial charge in [0.25, 0.3) is 0 Å². The van der Waals surface area contributed by atoms with Gasteiger partial charge in [0.15, 0.2) is 0 Å². The molecule has 0 aliphatic carbocycles. The van der Waals surface area contributed by atoms with Crippen molar-refractivity contribution in [2.45, 2.75) is 58.7 Å². The van der Waals surface area contributed by atoms with Crippen molar-refractivity contribution in [1.29, 1.82) is 0 Å². The molecule has 0 saturated carbocycles. The van der Waals surface area contributed by atoms with E-state index in [0.29, 0.717) is 6.42 Å². The molecular formula is C17H32N4O5S. The Morgan fingerprint density at radius 1 is 1.00 bits per heavy atom. The van der Waals surface area contributed by atoms with E-state index in [1.165, 1.54) is 0 Å². The first-order valence-corrected chi connectivity index (χ1v) is 9.64. The summed E-state index contributed by atoms with van der Waals surface area (Å²) in [4.78, 5) is 47.9. The van der Waals surface area contributed by atoms with Crippen LogP contribution in [0.5, 0.6) is 0 Å². The van der Waals surface area contributed by atoms with E-state index in [2.05, 4.69) is 28.6 Å². The highest BCUT2D eigenvalue weighted by molar-refractivity contribution is 7.80. The van der Waals surface area contributed by atoms with E-state index in [0.717, 1.165) is 0 Å². The number of carbonyl (C=O) groups is 4. The van der Waals surface area contributed by atoms with Crippen molar-refractivity contribution in [2.75, 3.05) is 12.3 Å². The highest BCUT2D eigenvalue weighted by atomic mass is 32.1. The number of carboxylic acid groups (broad SMARTS) is 1. The summed E-state index contributed by atoms with van der Waals surface area (Å²) in [6, 6.07) is -2.94. The Labute approximate surface area is 165 Å². The van der Waals surface area contributed by atoms with Gasteiger partial charge in [0.05, 0.1) is 6.54 Å². The van der Waals surface area contributed by atoms with E-state index in [1.807, 2.05) is 20.8 Å². The molecule has 4 atom stereocenters. The fourth-order valence-corrected chi connectivity index (χ4v) is 2.61. The first-order valence-electron chi connectivity index (χ1n) is 9.01. The summed E-state index contributed by atoms with van der Waals surface area (Å²) in [5.41, 5.74) is 5.28. The van der Waals surface area contributed by atoms with Crippen LogP contribution >= 0.6 is 12.6 Å². The summed E-state index contributed by atoms with van der Waals surface area (Å²) in [7, 11) is 0. The molecule has 0 saturated heterocycles. The third kappa shape index (κ3) is 9.09. The Kier molecular flexibility index (Phi) is 11.7. The number of rotatable bonds is 12. The van der Waals surface area contributed by atoms with Crippen LogP contribution in [0.3, 0.4) is 0 Å². The fourth-order valence-electron chi connectivity index (χ4n) is 2.36. The predicted octanol–water partition coefficient (Wildman–Crippen LogP) is -0.494. The zero-order valence-electron chi connectivity index (χ0n) is 16.3. The van der Waals surface area contributed by atoms with Gasteiger partial charge in [-0.15, -0.1) is 0 Å². The van der Waals surface area contributed by atoms with E-state index in [4.69, 9.17) is 5.73 Å². The van der Waals surface area contributed by atoms with Gasteiger partial charge in [0.1, 0.15) is 18.1 Å². The molecular weight excluding hydrogens is 372 g/mol. The molecule has 0 aromatic rings. The van der Waals surface area contributed by atoms with Crippen molar-refractivity contribution in [3.63, 3.8) is 0 Å². The molecule has 0 rings (SSSR count). The second-order valence-electron chi connectivity index (χ2n) is 6.91. The molecule has 0 aliphatic rings. The average Bonchev–Trinajstić information content (AvgIpc) is 2.61. The van der Waals surface area contributed by atoms with E-state index in [-0.39, 0.29) is 30.6 Å². The molecule has 0 fully saturated rings. The molecule has 0 heterocycles. The molecule has 156 valence electrons. The van der Waals surface area contributed by atoms with Gasteiger partial charge < -0.3 is 26.8 Å². The maximum Gasteiger partial charge on any atom is 0.326 e. The van der Waals surface area contributed by atoms with Gasteiger partial charge in [0, 0.05) is 5.75 Å². The first kappa shape index (κ1) is 25.2. The van der Waals surface area contributed by atoms with Crippen LogP contribution in [-0.2, 0) is 19.2 Å². The van der Waals surface area contributed by atoms with Crippen LogP contribution < -0.4 is 21.7 Å². The van der Waals surface area contributed by atoms with Crippen LogP contribution in [-0.4, -0.2) is 59.2 Å². The molecule has 0 bridgehead atoms. The van der Waals surface area contributed by atoms with E-state index < -0.39 is 41.8 Å².